The molecule has 1 aliphatic carbocycles. The van der Waals surface area contributed by atoms with E-state index in [1.807, 2.05) is 0 Å². The molecule has 200 valence electrons. The summed E-state index contributed by atoms with van der Waals surface area (Å²) in [6.07, 6.45) is 1.65. The van der Waals surface area contributed by atoms with Gasteiger partial charge in [-0.25, -0.2) is 22.8 Å². The second-order valence-electron chi connectivity index (χ2n) is 10.0. The molecule has 0 spiro atoms. The van der Waals surface area contributed by atoms with Gasteiger partial charge < -0.3 is 14.8 Å². The van der Waals surface area contributed by atoms with E-state index < -0.39 is 46.2 Å². The zero-order valence-corrected chi connectivity index (χ0v) is 21.1. The highest BCUT2D eigenvalue weighted by Crippen LogP contribution is 2.38. The minimum Gasteiger partial charge on any atom is -0.444 e. The number of benzene rings is 2. The number of aromatic nitrogens is 1. The summed E-state index contributed by atoms with van der Waals surface area (Å²) < 4.78 is 54.5. The number of rotatable bonds is 6. The zero-order valence-electron chi connectivity index (χ0n) is 21.1. The molecular weight excluding hydrogens is 501 g/mol. The molecule has 10 heteroatoms. The van der Waals surface area contributed by atoms with Crippen LogP contribution in [0.15, 0.2) is 53.3 Å². The van der Waals surface area contributed by atoms with Gasteiger partial charge in [0.15, 0.2) is 11.6 Å². The Hall–Kier alpha value is -4.08. The van der Waals surface area contributed by atoms with Crippen molar-refractivity contribution in [2.45, 2.75) is 58.1 Å². The molecule has 0 atom stereocenters. The maximum absolute atomic E-state index is 14.5. The molecular formula is C28H27F3N2O5. The van der Waals surface area contributed by atoms with Crippen LogP contribution in [0.1, 0.15) is 67.6 Å². The Balaban J connectivity index is 1.59. The topological polar surface area (TPSA) is 86.6 Å². The number of nitrogens with one attached hydrogen (secondary N) is 1. The molecule has 0 bridgehead atoms. The van der Waals surface area contributed by atoms with Gasteiger partial charge in [-0.1, -0.05) is 18.6 Å². The monoisotopic (exact) mass is 528 g/mol. The first-order chi connectivity index (χ1) is 17.9. The third-order valence-corrected chi connectivity index (χ3v) is 6.03. The van der Waals surface area contributed by atoms with Crippen molar-refractivity contribution in [3.8, 4) is 11.4 Å². The summed E-state index contributed by atoms with van der Waals surface area (Å²) in [6, 6.07) is 9.61. The summed E-state index contributed by atoms with van der Waals surface area (Å²) in [4.78, 5) is 37.8. The number of hydrogen-bond acceptors (Lipinski definition) is 5. The number of esters is 1. The van der Waals surface area contributed by atoms with Crippen LogP contribution in [0.5, 0.6) is 5.75 Å². The van der Waals surface area contributed by atoms with Crippen molar-refractivity contribution in [3.63, 3.8) is 0 Å². The molecule has 1 amide bonds. The highest BCUT2D eigenvalue weighted by atomic mass is 19.2. The Morgan fingerprint density at radius 2 is 1.76 bits per heavy atom. The van der Waals surface area contributed by atoms with Gasteiger partial charge in [0.25, 0.3) is 5.56 Å². The number of alkyl carbamates (subject to hydrolysis) is 1. The Kier molecular flexibility index (Phi) is 7.61. The lowest BCUT2D eigenvalue weighted by atomic mass is 9.82. The number of carbonyl (C=O) groups excluding carboxylic acids is 2. The molecule has 1 fully saturated rings. The second-order valence-corrected chi connectivity index (χ2v) is 10.0. The number of halogens is 3. The maximum Gasteiger partial charge on any atom is 0.407 e. The van der Waals surface area contributed by atoms with E-state index in [-0.39, 0.29) is 23.9 Å². The molecule has 4 rings (SSSR count). The standard InChI is InChI=1S/C28H27F3N2O5/c1-28(2,3)38-27(36)32-15-16-10-11-20(29)19(12-16)26(35)37-18-13-23(17-6-4-7-17)33(24(34)14-18)22-9-5-8-21(30)25(22)31/h5,8-14,17H,4,6-7,15H2,1-3H3,(H,32,36). The fraction of sp³-hybridized carbons (Fsp3) is 0.321. The Labute approximate surface area is 217 Å². The maximum atomic E-state index is 14.5. The van der Waals surface area contributed by atoms with Gasteiger partial charge in [0, 0.05) is 24.4 Å². The van der Waals surface area contributed by atoms with Crippen LogP contribution >= 0.6 is 0 Å². The van der Waals surface area contributed by atoms with Crippen LogP contribution in [-0.2, 0) is 11.3 Å². The fourth-order valence-electron chi connectivity index (χ4n) is 4.04. The summed E-state index contributed by atoms with van der Waals surface area (Å²) in [6.45, 7) is 5.10. The van der Waals surface area contributed by atoms with Crippen LogP contribution in [0.4, 0.5) is 18.0 Å². The number of hydrogen-bond donors (Lipinski definition) is 1. The van der Waals surface area contributed by atoms with Crippen LogP contribution in [0.3, 0.4) is 0 Å². The second kappa shape index (κ2) is 10.7. The summed E-state index contributed by atoms with van der Waals surface area (Å²) in [5, 5.41) is 2.52. The molecule has 38 heavy (non-hydrogen) atoms. The lowest BCUT2D eigenvalue weighted by Crippen LogP contribution is -2.32. The highest BCUT2D eigenvalue weighted by Gasteiger charge is 2.27. The van der Waals surface area contributed by atoms with Gasteiger partial charge in [-0.3, -0.25) is 9.36 Å². The summed E-state index contributed by atoms with van der Waals surface area (Å²) in [5.41, 5.74) is -1.29. The molecule has 0 radical (unpaired) electrons. The van der Waals surface area contributed by atoms with Crippen molar-refractivity contribution in [1.29, 1.82) is 0 Å². The van der Waals surface area contributed by atoms with E-state index in [2.05, 4.69) is 5.32 Å². The lowest BCUT2D eigenvalue weighted by Gasteiger charge is -2.29. The third-order valence-electron chi connectivity index (χ3n) is 6.03. The Morgan fingerprint density at radius 3 is 2.42 bits per heavy atom. The van der Waals surface area contributed by atoms with Gasteiger partial charge in [0.1, 0.15) is 17.2 Å². The van der Waals surface area contributed by atoms with Crippen molar-refractivity contribution in [2.24, 2.45) is 0 Å². The predicted molar refractivity (Wildman–Crippen MR) is 133 cm³/mol. The minimum absolute atomic E-state index is 0.0312. The summed E-state index contributed by atoms with van der Waals surface area (Å²) in [7, 11) is 0. The molecule has 1 N–H and O–H groups in total. The van der Waals surface area contributed by atoms with Crippen LogP contribution in [0.2, 0.25) is 0 Å². The third kappa shape index (κ3) is 6.07. The van der Waals surface area contributed by atoms with Gasteiger partial charge in [0.2, 0.25) is 0 Å². The molecule has 3 aromatic rings. The largest absolute Gasteiger partial charge is 0.444 e. The molecule has 0 unspecified atom stereocenters. The van der Waals surface area contributed by atoms with Gasteiger partial charge >= 0.3 is 12.1 Å². The van der Waals surface area contributed by atoms with Crippen molar-refractivity contribution in [2.75, 3.05) is 0 Å². The molecule has 1 heterocycles. The van der Waals surface area contributed by atoms with E-state index in [1.165, 1.54) is 30.3 Å². The van der Waals surface area contributed by atoms with Crippen molar-refractivity contribution < 1.29 is 32.2 Å². The highest BCUT2D eigenvalue weighted by molar-refractivity contribution is 5.91. The quantitative estimate of drug-likeness (QED) is 0.411. The zero-order chi connectivity index (χ0) is 27.6. The van der Waals surface area contributed by atoms with E-state index in [4.69, 9.17) is 9.47 Å². The first-order valence-corrected chi connectivity index (χ1v) is 12.1. The van der Waals surface area contributed by atoms with E-state index in [9.17, 15) is 27.6 Å². The van der Waals surface area contributed by atoms with Crippen LogP contribution < -0.4 is 15.6 Å². The van der Waals surface area contributed by atoms with E-state index in [1.54, 1.807) is 20.8 Å². The number of ether oxygens (including phenoxy) is 2. The fourth-order valence-corrected chi connectivity index (χ4v) is 4.04. The first-order valence-electron chi connectivity index (χ1n) is 12.1. The van der Waals surface area contributed by atoms with Gasteiger partial charge in [-0.15, -0.1) is 0 Å². The normalized spacial score (nSPS) is 13.5. The van der Waals surface area contributed by atoms with Crippen LogP contribution in [0.25, 0.3) is 5.69 Å². The van der Waals surface area contributed by atoms with Crippen molar-refractivity contribution in [3.05, 3.63) is 93.2 Å². The van der Waals surface area contributed by atoms with Crippen LogP contribution in [0, 0.1) is 17.5 Å². The molecule has 7 nitrogen and oxygen atoms in total. The minimum atomic E-state index is -1.17. The predicted octanol–water partition coefficient (Wildman–Crippen LogP) is 5.77. The number of pyridine rings is 1. The Bertz CT molecular complexity index is 1440. The molecule has 1 aliphatic rings. The summed E-state index contributed by atoms with van der Waals surface area (Å²) >= 11 is 0. The average Bonchev–Trinajstić information content (AvgIpc) is 2.78. The van der Waals surface area contributed by atoms with Crippen molar-refractivity contribution in [1.82, 2.24) is 9.88 Å². The summed E-state index contributed by atoms with van der Waals surface area (Å²) in [5.74, 6) is -4.45. The first kappa shape index (κ1) is 27.0. The lowest BCUT2D eigenvalue weighted by molar-refractivity contribution is 0.0523. The molecule has 0 saturated heterocycles. The van der Waals surface area contributed by atoms with Crippen molar-refractivity contribution >= 4 is 12.1 Å². The van der Waals surface area contributed by atoms with Gasteiger partial charge in [0.05, 0.1) is 11.3 Å². The smallest absolute Gasteiger partial charge is 0.407 e. The molecule has 0 aliphatic heterocycles. The SMILES string of the molecule is CC(C)(C)OC(=O)NCc1ccc(F)c(C(=O)Oc2cc(C3CCC3)n(-c3cccc(F)c3F)c(=O)c2)c1. The van der Waals surface area contributed by atoms with E-state index in [0.717, 1.165) is 42.0 Å². The Morgan fingerprint density at radius 1 is 1.03 bits per heavy atom. The van der Waals surface area contributed by atoms with Gasteiger partial charge in [-0.05, 0) is 69.4 Å². The van der Waals surface area contributed by atoms with E-state index in [0.29, 0.717) is 11.3 Å². The molecule has 1 aromatic heterocycles. The number of amides is 1. The number of carbonyl (C=O) groups is 2. The molecule has 2 aromatic carbocycles. The van der Waals surface area contributed by atoms with E-state index >= 15 is 0 Å². The average molecular weight is 529 g/mol. The number of nitrogens with zero attached hydrogens (tertiary/aromatic N) is 1. The van der Waals surface area contributed by atoms with Crippen LogP contribution in [-0.4, -0.2) is 22.2 Å². The van der Waals surface area contributed by atoms with Gasteiger partial charge in [-0.2, -0.15) is 0 Å². The molecule has 1 saturated carbocycles.